The van der Waals surface area contributed by atoms with Gasteiger partial charge in [0.05, 0.1) is 7.11 Å². The van der Waals surface area contributed by atoms with Crippen LogP contribution in [0.5, 0.6) is 0 Å². The van der Waals surface area contributed by atoms with Gasteiger partial charge >= 0.3 is 5.97 Å². The molecule has 4 heteroatoms. The van der Waals surface area contributed by atoms with Gasteiger partial charge in [-0.2, -0.15) is 0 Å². The Balaban J connectivity index is 2.22. The predicted octanol–water partition coefficient (Wildman–Crippen LogP) is 2.65. The summed E-state index contributed by atoms with van der Waals surface area (Å²) in [5.41, 5.74) is 0. The van der Waals surface area contributed by atoms with Crippen LogP contribution in [0.25, 0.3) is 0 Å². The molecule has 0 spiro atoms. The van der Waals surface area contributed by atoms with Crippen LogP contribution in [-0.2, 0) is 14.3 Å². The van der Waals surface area contributed by atoms with Gasteiger partial charge in [-0.05, 0) is 29.1 Å². The molecule has 1 rings (SSSR count). The summed E-state index contributed by atoms with van der Waals surface area (Å²) in [7, 11) is 1.27. The van der Waals surface area contributed by atoms with Crippen LogP contribution in [0.15, 0.2) is 35.2 Å². The molecule has 0 saturated heterocycles. The van der Waals surface area contributed by atoms with E-state index < -0.39 is 5.97 Å². The van der Waals surface area contributed by atoms with E-state index in [0.717, 1.165) is 4.90 Å². The summed E-state index contributed by atoms with van der Waals surface area (Å²) in [5.74, 6) is 2.26. The first kappa shape index (κ1) is 14.3. The van der Waals surface area contributed by atoms with E-state index >= 15 is 0 Å². The molecule has 0 bridgehead atoms. The molecule has 0 radical (unpaired) electrons. The summed E-state index contributed by atoms with van der Waals surface area (Å²) < 4.78 is 4.41. The van der Waals surface area contributed by atoms with Gasteiger partial charge in [0.25, 0.3) is 0 Å². The molecule has 0 aromatic heterocycles. The number of ketones is 1. The molecule has 0 fully saturated rings. The molecule has 3 nitrogen and oxygen atoms in total. The average Bonchev–Trinajstić information content (AvgIpc) is 2.39. The van der Waals surface area contributed by atoms with Crippen molar-refractivity contribution >= 4 is 23.5 Å². The normalized spacial score (nSPS) is 9.17. The fraction of sp³-hybridized carbons (Fsp3) is 0.286. The van der Waals surface area contributed by atoms with Crippen LogP contribution in [0, 0.1) is 11.2 Å². The van der Waals surface area contributed by atoms with E-state index in [1.54, 1.807) is 0 Å². The van der Waals surface area contributed by atoms with Gasteiger partial charge in [-0.3, -0.25) is 9.59 Å². The second-order valence-corrected chi connectivity index (χ2v) is 4.37. The van der Waals surface area contributed by atoms with Crippen molar-refractivity contribution < 1.29 is 14.3 Å². The van der Waals surface area contributed by atoms with E-state index in [1.165, 1.54) is 18.9 Å². The molecule has 0 aliphatic rings. The minimum Gasteiger partial charge on any atom is -0.469 e. The zero-order valence-electron chi connectivity index (χ0n) is 10.1. The first-order valence-corrected chi connectivity index (χ1v) is 6.32. The van der Waals surface area contributed by atoms with Gasteiger partial charge in [0, 0.05) is 17.7 Å². The Morgan fingerprint density at radius 1 is 1.28 bits per heavy atom. The number of hydrogen-bond donors (Lipinski definition) is 0. The van der Waals surface area contributed by atoms with E-state index in [1.807, 2.05) is 30.3 Å². The van der Waals surface area contributed by atoms with Crippen molar-refractivity contribution in [3.05, 3.63) is 30.3 Å². The number of methoxy groups -OCH3 is 1. The number of rotatable bonds is 5. The molecule has 0 saturated carbocycles. The Morgan fingerprint density at radius 2 is 2.00 bits per heavy atom. The van der Waals surface area contributed by atoms with Gasteiger partial charge in [0.15, 0.2) is 0 Å². The molecule has 0 heterocycles. The van der Waals surface area contributed by atoms with E-state index in [0.29, 0.717) is 6.42 Å². The van der Waals surface area contributed by atoms with Crippen LogP contribution < -0.4 is 0 Å². The van der Waals surface area contributed by atoms with Crippen LogP contribution in [0.4, 0.5) is 0 Å². The van der Waals surface area contributed by atoms with Gasteiger partial charge in [-0.15, -0.1) is 0 Å². The Hall–Kier alpha value is -1.73. The highest BCUT2D eigenvalue weighted by Gasteiger charge is 2.07. The van der Waals surface area contributed by atoms with E-state index in [-0.39, 0.29) is 18.6 Å². The molecule has 18 heavy (non-hydrogen) atoms. The van der Waals surface area contributed by atoms with Crippen molar-refractivity contribution in [1.29, 1.82) is 0 Å². The molecule has 0 unspecified atom stereocenters. The highest BCUT2D eigenvalue weighted by molar-refractivity contribution is 8.03. The number of carbonyl (C=O) groups excluding carboxylic acids is 2. The lowest BCUT2D eigenvalue weighted by Gasteiger charge is -1.96. The molecular weight excluding hydrogens is 248 g/mol. The summed E-state index contributed by atoms with van der Waals surface area (Å²) in [6.07, 6.45) is 0.594. The van der Waals surface area contributed by atoms with Crippen LogP contribution in [0.1, 0.15) is 19.3 Å². The standard InChI is InChI=1S/C14H14O3S/c1-17-14(16)11-12(15)7-5-6-10-18-13-8-3-2-4-9-13/h2-4,8-9H,5,7,11H2,1H3. The van der Waals surface area contributed by atoms with Crippen molar-refractivity contribution in [3.8, 4) is 11.2 Å². The second kappa shape index (κ2) is 8.37. The summed E-state index contributed by atoms with van der Waals surface area (Å²) in [5, 5.41) is 2.92. The zero-order valence-corrected chi connectivity index (χ0v) is 11.0. The molecule has 0 aliphatic carbocycles. The number of esters is 1. The third-order valence-corrected chi connectivity index (χ3v) is 2.84. The maximum Gasteiger partial charge on any atom is 0.313 e. The van der Waals surface area contributed by atoms with Gasteiger partial charge in [-0.1, -0.05) is 24.1 Å². The summed E-state index contributed by atoms with van der Waals surface area (Å²) in [4.78, 5) is 23.2. The second-order valence-electron chi connectivity index (χ2n) is 3.49. The number of hydrogen-bond acceptors (Lipinski definition) is 4. The Morgan fingerprint density at radius 3 is 2.67 bits per heavy atom. The Labute approximate surface area is 111 Å². The molecule has 94 valence electrons. The van der Waals surface area contributed by atoms with Gasteiger partial charge in [-0.25, -0.2) is 0 Å². The molecule has 1 aromatic carbocycles. The van der Waals surface area contributed by atoms with Crippen molar-refractivity contribution in [2.45, 2.75) is 24.2 Å². The monoisotopic (exact) mass is 262 g/mol. The fourth-order valence-electron chi connectivity index (χ4n) is 1.16. The number of Topliss-reactive ketones (excluding diaryl/α,β-unsaturated/α-hetero) is 1. The van der Waals surface area contributed by atoms with Gasteiger partial charge in [0.2, 0.25) is 0 Å². The average molecular weight is 262 g/mol. The van der Waals surface area contributed by atoms with E-state index in [4.69, 9.17) is 0 Å². The number of carbonyl (C=O) groups is 2. The fourth-order valence-corrected chi connectivity index (χ4v) is 1.74. The molecule has 0 aliphatic heterocycles. The third-order valence-electron chi connectivity index (χ3n) is 2.08. The van der Waals surface area contributed by atoms with Crippen molar-refractivity contribution in [2.24, 2.45) is 0 Å². The van der Waals surface area contributed by atoms with Crippen molar-refractivity contribution in [1.82, 2.24) is 0 Å². The number of thioether (sulfide) groups is 1. The molecule has 0 N–H and O–H groups in total. The quantitative estimate of drug-likeness (QED) is 0.354. The lowest BCUT2D eigenvalue weighted by molar-refractivity contribution is -0.143. The maximum atomic E-state index is 11.3. The third kappa shape index (κ3) is 6.12. The lowest BCUT2D eigenvalue weighted by Crippen LogP contribution is -2.08. The van der Waals surface area contributed by atoms with Gasteiger partial charge < -0.3 is 4.74 Å². The smallest absolute Gasteiger partial charge is 0.313 e. The van der Waals surface area contributed by atoms with E-state index in [9.17, 15) is 9.59 Å². The number of ether oxygens (including phenoxy) is 1. The van der Waals surface area contributed by atoms with Crippen molar-refractivity contribution in [2.75, 3.05) is 7.11 Å². The molecule has 0 atom stereocenters. The summed E-state index contributed by atoms with van der Waals surface area (Å²) in [6, 6.07) is 9.79. The Bertz CT molecular complexity index is 457. The Kier molecular flexibility index (Phi) is 6.67. The lowest BCUT2D eigenvalue weighted by atomic mass is 10.2. The van der Waals surface area contributed by atoms with Crippen molar-refractivity contribution in [3.63, 3.8) is 0 Å². The highest BCUT2D eigenvalue weighted by atomic mass is 32.2. The first-order chi connectivity index (χ1) is 8.72. The van der Waals surface area contributed by atoms with E-state index in [2.05, 4.69) is 15.9 Å². The molecule has 0 amide bonds. The molecule has 1 aromatic rings. The van der Waals surface area contributed by atoms with Crippen LogP contribution in [0.3, 0.4) is 0 Å². The van der Waals surface area contributed by atoms with Crippen LogP contribution >= 0.6 is 11.8 Å². The largest absolute Gasteiger partial charge is 0.469 e. The van der Waals surface area contributed by atoms with Crippen LogP contribution in [0.2, 0.25) is 0 Å². The van der Waals surface area contributed by atoms with Crippen LogP contribution in [-0.4, -0.2) is 18.9 Å². The minimum absolute atomic E-state index is 0.138. The summed E-state index contributed by atoms with van der Waals surface area (Å²) in [6.45, 7) is 0. The minimum atomic E-state index is -0.494. The highest BCUT2D eigenvalue weighted by Crippen LogP contribution is 2.14. The van der Waals surface area contributed by atoms with Gasteiger partial charge in [0.1, 0.15) is 12.2 Å². The predicted molar refractivity (Wildman–Crippen MR) is 70.9 cm³/mol. The SMILES string of the molecule is COC(=O)CC(=O)CCC#CSc1ccccc1. The number of benzene rings is 1. The topological polar surface area (TPSA) is 43.4 Å². The summed E-state index contributed by atoms with van der Waals surface area (Å²) >= 11 is 1.43. The molecular formula is C14H14O3S. The first-order valence-electron chi connectivity index (χ1n) is 5.50. The maximum absolute atomic E-state index is 11.3. The zero-order chi connectivity index (χ0) is 13.2.